The van der Waals surface area contributed by atoms with Crippen molar-refractivity contribution in [3.8, 4) is 6.07 Å². The molecule has 0 bridgehead atoms. The molecule has 0 aliphatic heterocycles. The van der Waals surface area contributed by atoms with Crippen molar-refractivity contribution in [1.29, 1.82) is 5.26 Å². The molecule has 11 heavy (non-hydrogen) atoms. The highest BCUT2D eigenvalue weighted by atomic mass is 14.3. The van der Waals surface area contributed by atoms with Gasteiger partial charge in [-0.1, -0.05) is 24.3 Å². The lowest BCUT2D eigenvalue weighted by molar-refractivity contribution is 0.622. The van der Waals surface area contributed by atoms with E-state index in [2.05, 4.69) is 24.3 Å². The minimum atomic E-state index is 0.524. The first-order valence-electron chi connectivity index (χ1n) is 3.86. The summed E-state index contributed by atoms with van der Waals surface area (Å²) in [6.07, 6.45) is 1.78. The highest BCUT2D eigenvalue weighted by Gasteiger charge is 2.24. The summed E-state index contributed by atoms with van der Waals surface area (Å²) in [5.41, 5.74) is 2.81. The Balaban J connectivity index is 2.24. The van der Waals surface area contributed by atoms with Crippen molar-refractivity contribution in [2.75, 3.05) is 0 Å². The van der Waals surface area contributed by atoms with Crippen LogP contribution < -0.4 is 0 Å². The summed E-state index contributed by atoms with van der Waals surface area (Å²) in [5.74, 6) is 0.524. The monoisotopic (exact) mass is 143 g/mol. The number of nitrogens with zero attached hydrogens (tertiary/aromatic N) is 1. The van der Waals surface area contributed by atoms with E-state index in [1.807, 2.05) is 6.07 Å². The van der Waals surface area contributed by atoms with Crippen LogP contribution in [0.1, 0.15) is 23.5 Å². The Morgan fingerprint density at radius 3 is 3.00 bits per heavy atom. The first-order valence-corrected chi connectivity index (χ1v) is 3.86. The lowest BCUT2D eigenvalue weighted by atomic mass is 9.76. The quantitative estimate of drug-likeness (QED) is 0.591. The van der Waals surface area contributed by atoms with E-state index in [4.69, 9.17) is 5.26 Å². The normalized spacial score (nSPS) is 19.7. The van der Waals surface area contributed by atoms with Gasteiger partial charge in [0.15, 0.2) is 0 Å². The van der Waals surface area contributed by atoms with Crippen LogP contribution in [-0.4, -0.2) is 0 Å². The van der Waals surface area contributed by atoms with Crippen LogP contribution in [0, 0.1) is 11.3 Å². The van der Waals surface area contributed by atoms with Gasteiger partial charge in [-0.2, -0.15) is 5.26 Å². The summed E-state index contributed by atoms with van der Waals surface area (Å²) < 4.78 is 0. The van der Waals surface area contributed by atoms with Gasteiger partial charge in [0, 0.05) is 12.3 Å². The summed E-state index contributed by atoms with van der Waals surface area (Å²) in [4.78, 5) is 0. The van der Waals surface area contributed by atoms with Crippen LogP contribution in [0.2, 0.25) is 0 Å². The van der Waals surface area contributed by atoms with Gasteiger partial charge in [0.1, 0.15) is 0 Å². The van der Waals surface area contributed by atoms with E-state index in [-0.39, 0.29) is 0 Å². The van der Waals surface area contributed by atoms with Crippen molar-refractivity contribution in [3.63, 3.8) is 0 Å². The van der Waals surface area contributed by atoms with Crippen LogP contribution in [0.3, 0.4) is 0 Å². The van der Waals surface area contributed by atoms with Crippen LogP contribution >= 0.6 is 0 Å². The third kappa shape index (κ3) is 0.914. The second-order valence-corrected chi connectivity index (χ2v) is 2.96. The van der Waals surface area contributed by atoms with Gasteiger partial charge in [-0.3, -0.25) is 0 Å². The van der Waals surface area contributed by atoms with E-state index < -0.39 is 0 Å². The Hall–Kier alpha value is -1.29. The Morgan fingerprint density at radius 2 is 2.27 bits per heavy atom. The maximum atomic E-state index is 8.48. The average molecular weight is 143 g/mol. The van der Waals surface area contributed by atoms with Gasteiger partial charge in [0.05, 0.1) is 6.07 Å². The fourth-order valence-corrected chi connectivity index (χ4v) is 1.65. The van der Waals surface area contributed by atoms with Crippen LogP contribution in [0.15, 0.2) is 24.3 Å². The van der Waals surface area contributed by atoms with E-state index in [0.717, 1.165) is 6.42 Å². The molecule has 2 rings (SSSR count). The molecule has 0 radical (unpaired) electrons. The molecule has 0 aromatic heterocycles. The van der Waals surface area contributed by atoms with E-state index in [1.54, 1.807) is 0 Å². The summed E-state index contributed by atoms with van der Waals surface area (Å²) in [6.45, 7) is 0. The number of rotatable bonds is 1. The Labute approximate surface area is 66.3 Å². The lowest BCUT2D eigenvalue weighted by Gasteiger charge is -2.27. The number of hydrogen-bond donors (Lipinski definition) is 0. The largest absolute Gasteiger partial charge is 0.198 e. The third-order valence-corrected chi connectivity index (χ3v) is 2.30. The maximum absolute atomic E-state index is 8.48. The molecule has 1 unspecified atom stereocenters. The second-order valence-electron chi connectivity index (χ2n) is 2.96. The van der Waals surface area contributed by atoms with Gasteiger partial charge in [-0.05, 0) is 17.5 Å². The Bertz CT molecular complexity index is 309. The fourth-order valence-electron chi connectivity index (χ4n) is 1.65. The molecule has 0 saturated carbocycles. The van der Waals surface area contributed by atoms with E-state index in [1.165, 1.54) is 11.1 Å². The topological polar surface area (TPSA) is 23.8 Å². The number of hydrogen-bond acceptors (Lipinski definition) is 1. The van der Waals surface area contributed by atoms with Crippen LogP contribution in [0.5, 0.6) is 0 Å². The summed E-state index contributed by atoms with van der Waals surface area (Å²) in [6, 6.07) is 10.6. The SMILES string of the molecule is N#CCC1Cc2ccccc21. The van der Waals surface area contributed by atoms with Crippen molar-refractivity contribution in [1.82, 2.24) is 0 Å². The molecular formula is C10H9N. The molecule has 1 aliphatic carbocycles. The molecule has 0 amide bonds. The van der Waals surface area contributed by atoms with Gasteiger partial charge in [-0.25, -0.2) is 0 Å². The first kappa shape index (κ1) is 6.42. The lowest BCUT2D eigenvalue weighted by Crippen LogP contribution is -2.15. The Morgan fingerprint density at radius 1 is 1.45 bits per heavy atom. The van der Waals surface area contributed by atoms with Gasteiger partial charge >= 0.3 is 0 Å². The summed E-state index contributed by atoms with van der Waals surface area (Å²) in [5, 5.41) is 8.48. The molecule has 1 nitrogen and oxygen atoms in total. The van der Waals surface area contributed by atoms with Gasteiger partial charge in [0.25, 0.3) is 0 Å². The summed E-state index contributed by atoms with van der Waals surface area (Å²) >= 11 is 0. The molecule has 1 aromatic rings. The number of benzene rings is 1. The zero-order valence-electron chi connectivity index (χ0n) is 6.25. The van der Waals surface area contributed by atoms with E-state index in [9.17, 15) is 0 Å². The van der Waals surface area contributed by atoms with Crippen LogP contribution in [0.25, 0.3) is 0 Å². The number of fused-ring (bicyclic) bond motifs is 1. The number of nitriles is 1. The standard InChI is InChI=1S/C10H9N/c11-6-5-9-7-8-3-1-2-4-10(8)9/h1-4,9H,5,7H2. The molecule has 0 fully saturated rings. The highest BCUT2D eigenvalue weighted by Crippen LogP contribution is 2.36. The molecule has 54 valence electrons. The van der Waals surface area contributed by atoms with Crippen molar-refractivity contribution >= 4 is 0 Å². The molecular weight excluding hydrogens is 134 g/mol. The second kappa shape index (κ2) is 2.39. The fraction of sp³-hybridized carbons (Fsp3) is 0.300. The molecule has 1 aliphatic rings. The molecule has 1 atom stereocenters. The van der Waals surface area contributed by atoms with Crippen molar-refractivity contribution in [3.05, 3.63) is 35.4 Å². The third-order valence-electron chi connectivity index (χ3n) is 2.30. The van der Waals surface area contributed by atoms with Crippen LogP contribution in [0.4, 0.5) is 0 Å². The minimum Gasteiger partial charge on any atom is -0.198 e. The molecule has 1 aromatic carbocycles. The molecule has 0 spiro atoms. The minimum absolute atomic E-state index is 0.524. The maximum Gasteiger partial charge on any atom is 0.0628 e. The predicted molar refractivity (Wildman–Crippen MR) is 43.1 cm³/mol. The van der Waals surface area contributed by atoms with Gasteiger partial charge < -0.3 is 0 Å². The predicted octanol–water partition coefficient (Wildman–Crippen LogP) is 2.24. The molecule has 1 heteroatoms. The Kier molecular flexibility index (Phi) is 1.40. The molecule has 0 heterocycles. The molecule has 0 N–H and O–H groups in total. The zero-order chi connectivity index (χ0) is 7.68. The van der Waals surface area contributed by atoms with Gasteiger partial charge in [-0.15, -0.1) is 0 Å². The average Bonchev–Trinajstić information content (AvgIpc) is 2.01. The molecule has 0 saturated heterocycles. The van der Waals surface area contributed by atoms with Gasteiger partial charge in [0.2, 0.25) is 0 Å². The van der Waals surface area contributed by atoms with E-state index >= 15 is 0 Å². The zero-order valence-corrected chi connectivity index (χ0v) is 6.25. The highest BCUT2D eigenvalue weighted by molar-refractivity contribution is 5.40. The van der Waals surface area contributed by atoms with Crippen molar-refractivity contribution in [2.24, 2.45) is 0 Å². The van der Waals surface area contributed by atoms with E-state index in [0.29, 0.717) is 12.3 Å². The van der Waals surface area contributed by atoms with Crippen molar-refractivity contribution in [2.45, 2.75) is 18.8 Å². The van der Waals surface area contributed by atoms with Crippen molar-refractivity contribution < 1.29 is 0 Å². The van der Waals surface area contributed by atoms with Crippen LogP contribution in [-0.2, 0) is 6.42 Å². The first-order chi connectivity index (χ1) is 5.42. The smallest absolute Gasteiger partial charge is 0.0628 e. The summed E-state index contributed by atoms with van der Waals surface area (Å²) in [7, 11) is 0.